The summed E-state index contributed by atoms with van der Waals surface area (Å²) in [6.07, 6.45) is 4.18. The molecule has 59 heavy (non-hydrogen) atoms. The van der Waals surface area contributed by atoms with Crippen molar-refractivity contribution >= 4 is 29.6 Å². The van der Waals surface area contributed by atoms with Crippen LogP contribution in [0.25, 0.3) is 0 Å². The lowest BCUT2D eigenvalue weighted by atomic mass is 9.65. The topological polar surface area (TPSA) is 158 Å². The van der Waals surface area contributed by atoms with Crippen LogP contribution in [-0.2, 0) is 34.0 Å². The smallest absolute Gasteiger partial charge is 0.421 e. The van der Waals surface area contributed by atoms with Crippen molar-refractivity contribution in [1.29, 1.82) is 0 Å². The number of carbonyl (C=O) groups excluding carboxylic acids is 4. The molecule has 0 bridgehead atoms. The molecule has 3 aliphatic heterocycles. The molecule has 3 heterocycles. The number of aliphatic hydroxyl groups is 1. The number of esters is 1. The molecule has 3 N–H and O–H groups in total. The average molecular weight is 796 g/mol. The third kappa shape index (κ3) is 7.05. The van der Waals surface area contributed by atoms with Crippen molar-refractivity contribution in [3.05, 3.63) is 143 Å². The van der Waals surface area contributed by atoms with Gasteiger partial charge in [0, 0.05) is 12.7 Å². The zero-order valence-electron chi connectivity index (χ0n) is 32.6. The number of anilines is 1. The minimum Gasteiger partial charge on any atom is -0.491 e. The van der Waals surface area contributed by atoms with Gasteiger partial charge in [0.15, 0.2) is 0 Å². The Kier molecular flexibility index (Phi) is 11.3. The molecule has 4 aromatic rings. The van der Waals surface area contributed by atoms with Crippen LogP contribution in [-0.4, -0.2) is 73.5 Å². The number of benzene rings is 4. The summed E-state index contributed by atoms with van der Waals surface area (Å²) in [7, 11) is 1.46. The number of primary amides is 1. The number of fused-ring (bicyclic) bond motifs is 3. The maximum Gasteiger partial charge on any atom is 0.421 e. The van der Waals surface area contributed by atoms with E-state index < -0.39 is 59.4 Å². The number of hydrogen-bond acceptors (Lipinski definition) is 10. The lowest BCUT2D eigenvalue weighted by Crippen LogP contribution is -2.55. The van der Waals surface area contributed by atoms with Crippen LogP contribution in [0.15, 0.2) is 115 Å². The van der Waals surface area contributed by atoms with E-state index in [2.05, 4.69) is 17.9 Å². The van der Waals surface area contributed by atoms with Gasteiger partial charge in [-0.1, -0.05) is 90.7 Å². The van der Waals surface area contributed by atoms with Crippen molar-refractivity contribution in [1.82, 2.24) is 4.90 Å². The Morgan fingerprint density at radius 3 is 2.31 bits per heavy atom. The number of aliphatic hydroxyl groups excluding tert-OH is 1. The first kappa shape index (κ1) is 39.6. The van der Waals surface area contributed by atoms with Crippen LogP contribution in [0.3, 0.4) is 0 Å². The molecule has 302 valence electrons. The lowest BCUT2D eigenvalue weighted by molar-refractivity contribution is -0.178. The summed E-state index contributed by atoms with van der Waals surface area (Å²) in [5, 5.41) is 9.66. The van der Waals surface area contributed by atoms with Crippen molar-refractivity contribution in [3.8, 4) is 17.6 Å². The van der Waals surface area contributed by atoms with Crippen LogP contribution in [0.4, 0.5) is 10.5 Å². The first-order chi connectivity index (χ1) is 28.8. The number of cyclic esters (lactones) is 1. The van der Waals surface area contributed by atoms with Crippen molar-refractivity contribution < 1.29 is 43.2 Å². The van der Waals surface area contributed by atoms with Crippen molar-refractivity contribution in [2.75, 3.05) is 38.4 Å². The van der Waals surface area contributed by atoms with Crippen LogP contribution in [0.1, 0.15) is 71.7 Å². The molecule has 12 heteroatoms. The SMILES string of the molecule is COCCOC(=O)N1C(=O)[C@@]2(c3cc(C#CC4=CCCCC4)ccc31)[C@H](c1cccc(OCCO)c1)N1[C@H](c3ccccc3)[C@H](c3ccccc3)OC(=O)[C@H]1[C@@H]2C(N)=O. The number of morpholine rings is 1. The van der Waals surface area contributed by atoms with Crippen LogP contribution in [0.5, 0.6) is 5.75 Å². The van der Waals surface area contributed by atoms with Crippen molar-refractivity contribution in [2.24, 2.45) is 11.7 Å². The van der Waals surface area contributed by atoms with E-state index in [9.17, 15) is 19.5 Å². The average Bonchev–Trinajstić information content (AvgIpc) is 3.72. The van der Waals surface area contributed by atoms with Gasteiger partial charge in [-0.05, 0) is 83.8 Å². The fourth-order valence-corrected chi connectivity index (χ4v) is 9.31. The van der Waals surface area contributed by atoms with E-state index >= 15 is 4.79 Å². The molecule has 3 amide bonds. The third-order valence-electron chi connectivity index (χ3n) is 11.7. The fourth-order valence-electron chi connectivity index (χ4n) is 9.31. The van der Waals surface area contributed by atoms with Crippen LogP contribution in [0.2, 0.25) is 0 Å². The van der Waals surface area contributed by atoms with Gasteiger partial charge in [0.05, 0.1) is 36.9 Å². The summed E-state index contributed by atoms with van der Waals surface area (Å²) >= 11 is 0. The van der Waals surface area contributed by atoms with Gasteiger partial charge in [-0.3, -0.25) is 19.3 Å². The van der Waals surface area contributed by atoms with Gasteiger partial charge >= 0.3 is 12.1 Å². The number of hydrogen-bond donors (Lipinski definition) is 2. The number of nitrogens with two attached hydrogens (primary N) is 1. The molecule has 2 fully saturated rings. The molecular weight excluding hydrogens is 751 g/mol. The van der Waals surface area contributed by atoms with Gasteiger partial charge in [0.1, 0.15) is 36.5 Å². The third-order valence-corrected chi connectivity index (χ3v) is 11.7. The van der Waals surface area contributed by atoms with Crippen LogP contribution >= 0.6 is 0 Å². The van der Waals surface area contributed by atoms with Gasteiger partial charge < -0.3 is 29.8 Å². The number of imide groups is 1. The van der Waals surface area contributed by atoms with Crippen LogP contribution in [0, 0.1) is 17.8 Å². The summed E-state index contributed by atoms with van der Waals surface area (Å²) in [6.45, 7) is -0.331. The Morgan fingerprint density at radius 2 is 1.61 bits per heavy atom. The Balaban J connectivity index is 1.43. The highest BCUT2D eigenvalue weighted by atomic mass is 16.6. The summed E-state index contributed by atoms with van der Waals surface area (Å²) in [5.74, 6) is 2.90. The lowest BCUT2D eigenvalue weighted by Gasteiger charge is -2.46. The highest BCUT2D eigenvalue weighted by Gasteiger charge is 2.75. The molecule has 2 saturated heterocycles. The zero-order chi connectivity index (χ0) is 41.1. The molecule has 0 aromatic heterocycles. The summed E-state index contributed by atoms with van der Waals surface area (Å²) in [4.78, 5) is 62.1. The van der Waals surface area contributed by atoms with Gasteiger partial charge in [-0.15, -0.1) is 0 Å². The van der Waals surface area contributed by atoms with Crippen molar-refractivity contribution in [3.63, 3.8) is 0 Å². The minimum absolute atomic E-state index is 0.00805. The molecule has 0 unspecified atom stereocenters. The Hall–Kier alpha value is -6.26. The number of rotatable bonds is 10. The van der Waals surface area contributed by atoms with Gasteiger partial charge in [-0.2, -0.15) is 0 Å². The Labute approximate surface area is 342 Å². The minimum atomic E-state index is -2.01. The molecule has 4 aliphatic rings. The van der Waals surface area contributed by atoms with E-state index in [0.717, 1.165) is 41.7 Å². The second kappa shape index (κ2) is 16.9. The van der Waals surface area contributed by atoms with E-state index in [1.807, 2.05) is 65.6 Å². The zero-order valence-corrected chi connectivity index (χ0v) is 32.6. The second-order valence-corrected chi connectivity index (χ2v) is 15.0. The highest BCUT2D eigenvalue weighted by Crippen LogP contribution is 2.66. The first-order valence-electron chi connectivity index (χ1n) is 19.9. The van der Waals surface area contributed by atoms with Gasteiger partial charge in [0.25, 0.3) is 0 Å². The van der Waals surface area contributed by atoms with E-state index in [1.54, 1.807) is 42.5 Å². The summed E-state index contributed by atoms with van der Waals surface area (Å²) < 4.78 is 23.0. The number of allylic oxidation sites excluding steroid dienone is 2. The molecule has 0 saturated carbocycles. The van der Waals surface area contributed by atoms with Crippen molar-refractivity contribution in [2.45, 2.75) is 55.3 Å². The second-order valence-electron chi connectivity index (χ2n) is 15.0. The standard InChI is InChI=1S/C47H45N3O9/c1-56-26-27-58-46(55)49-37-23-22-31(21-20-30-12-5-2-6-13-30)28-36(37)47(45(49)54)38(43(48)52)40-44(53)59-41(33-16-9-4-10-17-33)39(32-14-7-3-8-15-32)50(40)42(47)34-18-11-19-35(29-34)57-25-24-51/h3-4,7-12,14-19,22-23,28-29,38-42,51H,2,5-6,13,24-27H2,1H3,(H2,48,52)/t38-,39-,40-,41+,42+,47-/m1/s1. The van der Waals surface area contributed by atoms with E-state index in [1.165, 1.54) is 7.11 Å². The first-order valence-corrected chi connectivity index (χ1v) is 19.9. The maximum atomic E-state index is 15.9. The van der Waals surface area contributed by atoms with Crippen LogP contribution < -0.4 is 15.4 Å². The Bertz CT molecular complexity index is 2340. The molecular formula is C47H45N3O9. The quantitative estimate of drug-likeness (QED) is 0.114. The number of nitrogens with zero attached hydrogens (tertiary/aromatic N) is 2. The number of carbonyl (C=O) groups is 4. The maximum absolute atomic E-state index is 15.9. The van der Waals surface area contributed by atoms with Gasteiger partial charge in [-0.25, -0.2) is 9.69 Å². The molecule has 8 rings (SSSR count). The molecule has 6 atom stereocenters. The Morgan fingerprint density at radius 1 is 0.864 bits per heavy atom. The predicted octanol–water partition coefficient (Wildman–Crippen LogP) is 5.84. The van der Waals surface area contributed by atoms with Gasteiger partial charge in [0.2, 0.25) is 11.8 Å². The summed E-state index contributed by atoms with van der Waals surface area (Å²) in [5.41, 5.74) is 8.39. The van der Waals surface area contributed by atoms with E-state index in [0.29, 0.717) is 22.4 Å². The molecule has 0 radical (unpaired) electrons. The normalized spacial score (nSPS) is 24.7. The van der Waals surface area contributed by atoms with E-state index in [-0.39, 0.29) is 37.7 Å². The number of amides is 3. The molecule has 12 nitrogen and oxygen atoms in total. The monoisotopic (exact) mass is 795 g/mol. The fraction of sp³-hybridized carbons (Fsp3) is 0.319. The van der Waals surface area contributed by atoms with E-state index in [4.69, 9.17) is 24.7 Å². The predicted molar refractivity (Wildman–Crippen MR) is 217 cm³/mol. The number of ether oxygens (including phenoxy) is 4. The molecule has 1 aliphatic carbocycles. The largest absolute Gasteiger partial charge is 0.491 e. The molecule has 4 aromatic carbocycles. The number of methoxy groups -OCH3 is 1. The highest BCUT2D eigenvalue weighted by molar-refractivity contribution is 6.23. The summed E-state index contributed by atoms with van der Waals surface area (Å²) in [6, 6.07) is 27.5. The molecule has 1 spiro atoms.